The van der Waals surface area contributed by atoms with Crippen molar-refractivity contribution in [2.24, 2.45) is 0 Å². The summed E-state index contributed by atoms with van der Waals surface area (Å²) in [5, 5.41) is 0.617. The van der Waals surface area contributed by atoms with E-state index in [1.165, 1.54) is 11.8 Å². The van der Waals surface area contributed by atoms with E-state index in [0.29, 0.717) is 10.9 Å². The summed E-state index contributed by atoms with van der Waals surface area (Å²) in [5.74, 6) is 2.90. The van der Waals surface area contributed by atoms with Gasteiger partial charge in [0.05, 0.1) is 16.8 Å². The smallest absolute Gasteiger partial charge is 0.257 e. The van der Waals surface area contributed by atoms with Crippen LogP contribution in [0.15, 0.2) is 65.8 Å². The number of imidazole rings is 1. The van der Waals surface area contributed by atoms with E-state index in [4.69, 9.17) is 6.42 Å². The van der Waals surface area contributed by atoms with E-state index in [1.54, 1.807) is 16.7 Å². The van der Waals surface area contributed by atoms with Crippen LogP contribution in [0.3, 0.4) is 0 Å². The molecule has 0 saturated heterocycles. The van der Waals surface area contributed by atoms with E-state index in [2.05, 4.69) is 10.9 Å². The van der Waals surface area contributed by atoms with Crippen LogP contribution in [-0.4, -0.2) is 21.2 Å². The number of nitrogens with zero attached hydrogens (tertiary/aromatic N) is 2. The number of benzene rings is 2. The predicted octanol–water partition coefficient (Wildman–Crippen LogP) is 4.12. The first kappa shape index (κ1) is 15.1. The Bertz CT molecular complexity index is 904. The fraction of sp³-hybridized carbons (Fsp3) is 0.0526. The summed E-state index contributed by atoms with van der Waals surface area (Å²) in [6, 6.07) is 17.3. The fourth-order valence-electron chi connectivity index (χ4n) is 2.23. The Hall–Kier alpha value is -2.77. The molecule has 0 unspecified atom stereocenters. The number of para-hydroxylation sites is 2. The van der Waals surface area contributed by atoms with Crippen molar-refractivity contribution in [3.8, 4) is 12.3 Å². The molecule has 0 fully saturated rings. The van der Waals surface area contributed by atoms with E-state index in [0.717, 1.165) is 16.6 Å². The van der Waals surface area contributed by atoms with Gasteiger partial charge in [0.2, 0.25) is 0 Å². The first-order chi connectivity index (χ1) is 11.3. The molecule has 0 atom stereocenters. The number of hydrogen-bond acceptors (Lipinski definition) is 3. The minimum absolute atomic E-state index is 0.137. The van der Waals surface area contributed by atoms with Crippen LogP contribution < -0.4 is 0 Å². The zero-order valence-electron chi connectivity index (χ0n) is 12.3. The normalized spacial score (nSPS) is 10.9. The molecule has 0 N–H and O–H groups in total. The maximum atomic E-state index is 12.6. The number of allylic oxidation sites excluding steroid dienone is 1. The lowest BCUT2D eigenvalue weighted by Gasteiger charge is -2.03. The Morgan fingerprint density at radius 2 is 1.91 bits per heavy atom. The molecule has 1 heterocycles. The van der Waals surface area contributed by atoms with Gasteiger partial charge >= 0.3 is 0 Å². The number of carbonyl (C=O) groups excluding carboxylic acids is 1. The maximum Gasteiger partial charge on any atom is 0.257 e. The lowest BCUT2D eigenvalue weighted by molar-refractivity contribution is 0.0965. The topological polar surface area (TPSA) is 34.9 Å². The summed E-state index contributed by atoms with van der Waals surface area (Å²) < 4.78 is 1.61. The summed E-state index contributed by atoms with van der Waals surface area (Å²) in [6.45, 7) is 0. The van der Waals surface area contributed by atoms with Gasteiger partial charge in [-0.2, -0.15) is 0 Å². The number of terminal acetylenes is 1. The molecule has 0 aliphatic heterocycles. The highest BCUT2D eigenvalue weighted by molar-refractivity contribution is 7.99. The van der Waals surface area contributed by atoms with Crippen LogP contribution in [0.4, 0.5) is 0 Å². The second kappa shape index (κ2) is 6.99. The second-order valence-electron chi connectivity index (χ2n) is 4.79. The Morgan fingerprint density at radius 3 is 2.70 bits per heavy atom. The minimum atomic E-state index is -0.137. The number of hydrogen-bond donors (Lipinski definition) is 0. The predicted molar refractivity (Wildman–Crippen MR) is 95.4 cm³/mol. The molecule has 0 bridgehead atoms. The van der Waals surface area contributed by atoms with Crippen molar-refractivity contribution < 1.29 is 4.79 Å². The third-order valence-electron chi connectivity index (χ3n) is 3.25. The number of fused-ring (bicyclic) bond motifs is 1. The molecule has 3 rings (SSSR count). The Kier molecular flexibility index (Phi) is 4.60. The molecule has 0 spiro atoms. The van der Waals surface area contributed by atoms with Gasteiger partial charge in [0.25, 0.3) is 5.91 Å². The quantitative estimate of drug-likeness (QED) is 0.412. The molecule has 3 aromatic rings. The molecule has 23 heavy (non-hydrogen) atoms. The van der Waals surface area contributed by atoms with Crippen LogP contribution in [0.25, 0.3) is 17.1 Å². The highest BCUT2D eigenvalue weighted by atomic mass is 32.2. The van der Waals surface area contributed by atoms with Crippen molar-refractivity contribution in [3.63, 3.8) is 0 Å². The molecule has 0 aliphatic rings. The largest absolute Gasteiger partial charge is 0.269 e. The molecular formula is C19H14N2OS. The number of carbonyl (C=O) groups is 1. The molecule has 0 aliphatic carbocycles. The van der Waals surface area contributed by atoms with Crippen LogP contribution in [-0.2, 0) is 0 Å². The van der Waals surface area contributed by atoms with Crippen molar-refractivity contribution in [1.82, 2.24) is 9.55 Å². The molecule has 1 aromatic heterocycles. The summed E-state index contributed by atoms with van der Waals surface area (Å²) >= 11 is 1.38. The zero-order chi connectivity index (χ0) is 16.1. The van der Waals surface area contributed by atoms with Crippen molar-refractivity contribution in [2.45, 2.75) is 5.16 Å². The third-order valence-corrected chi connectivity index (χ3v) is 4.10. The van der Waals surface area contributed by atoms with Gasteiger partial charge in [0, 0.05) is 6.08 Å². The Labute approximate surface area is 139 Å². The maximum absolute atomic E-state index is 12.6. The molecule has 2 aromatic carbocycles. The van der Waals surface area contributed by atoms with Crippen molar-refractivity contribution in [3.05, 3.63) is 66.2 Å². The zero-order valence-corrected chi connectivity index (χ0v) is 13.2. The summed E-state index contributed by atoms with van der Waals surface area (Å²) in [5.41, 5.74) is 2.55. The minimum Gasteiger partial charge on any atom is -0.269 e. The lowest BCUT2D eigenvalue weighted by Crippen LogP contribution is -2.08. The molecule has 0 saturated carbocycles. The first-order valence-corrected chi connectivity index (χ1v) is 8.09. The molecule has 4 heteroatoms. The van der Waals surface area contributed by atoms with E-state index < -0.39 is 0 Å². The number of rotatable bonds is 4. The van der Waals surface area contributed by atoms with Gasteiger partial charge in [-0.15, -0.1) is 6.42 Å². The number of aromatic nitrogens is 2. The highest BCUT2D eigenvalue weighted by Crippen LogP contribution is 2.24. The van der Waals surface area contributed by atoms with Crippen LogP contribution in [0.5, 0.6) is 0 Å². The van der Waals surface area contributed by atoms with Gasteiger partial charge < -0.3 is 0 Å². The molecule has 112 valence electrons. The lowest BCUT2D eigenvalue weighted by atomic mass is 10.2. The highest BCUT2D eigenvalue weighted by Gasteiger charge is 2.14. The van der Waals surface area contributed by atoms with E-state index in [1.807, 2.05) is 54.6 Å². The molecule has 0 amide bonds. The van der Waals surface area contributed by atoms with Crippen molar-refractivity contribution in [2.75, 3.05) is 5.75 Å². The van der Waals surface area contributed by atoms with E-state index in [9.17, 15) is 4.79 Å². The van der Waals surface area contributed by atoms with Crippen molar-refractivity contribution in [1.29, 1.82) is 0 Å². The van der Waals surface area contributed by atoms with E-state index in [-0.39, 0.29) is 5.91 Å². The average Bonchev–Trinajstić information content (AvgIpc) is 2.97. The summed E-state index contributed by atoms with van der Waals surface area (Å²) in [4.78, 5) is 17.2. The van der Waals surface area contributed by atoms with Crippen LogP contribution >= 0.6 is 11.8 Å². The second-order valence-corrected chi connectivity index (χ2v) is 5.74. The van der Waals surface area contributed by atoms with Gasteiger partial charge in [0.15, 0.2) is 5.16 Å². The summed E-state index contributed by atoms with van der Waals surface area (Å²) in [7, 11) is 0. The third kappa shape index (κ3) is 3.36. The van der Waals surface area contributed by atoms with Crippen LogP contribution in [0.1, 0.15) is 10.4 Å². The van der Waals surface area contributed by atoms with Gasteiger partial charge in [-0.1, -0.05) is 60.1 Å². The van der Waals surface area contributed by atoms with Crippen LogP contribution in [0, 0.1) is 12.3 Å². The van der Waals surface area contributed by atoms with E-state index >= 15 is 0 Å². The van der Waals surface area contributed by atoms with Crippen molar-refractivity contribution >= 4 is 34.8 Å². The molecular weight excluding hydrogens is 304 g/mol. The fourth-order valence-corrected chi connectivity index (χ4v) is 2.92. The molecule has 0 radical (unpaired) electrons. The average molecular weight is 318 g/mol. The SMILES string of the molecule is C#CCSc1nc2ccccc2n1C(=O)C=Cc1ccccc1. The van der Waals surface area contributed by atoms with Gasteiger partial charge in [-0.25, -0.2) is 4.98 Å². The monoisotopic (exact) mass is 318 g/mol. The van der Waals surface area contributed by atoms with Gasteiger partial charge in [0.1, 0.15) is 0 Å². The standard InChI is InChI=1S/C19H14N2OS/c1-2-14-23-19-20-16-10-6-7-11-17(16)21(19)18(22)13-12-15-8-4-3-5-9-15/h1,3-13H,14H2. The number of thioether (sulfide) groups is 1. The first-order valence-electron chi connectivity index (χ1n) is 7.11. The van der Waals surface area contributed by atoms with Gasteiger partial charge in [-0.05, 0) is 23.8 Å². The summed E-state index contributed by atoms with van der Waals surface area (Å²) in [6.07, 6.45) is 8.68. The molecule has 3 nitrogen and oxygen atoms in total. The van der Waals surface area contributed by atoms with Crippen LogP contribution in [0.2, 0.25) is 0 Å². The Morgan fingerprint density at radius 1 is 1.17 bits per heavy atom. The van der Waals surface area contributed by atoms with Gasteiger partial charge in [-0.3, -0.25) is 9.36 Å². The Balaban J connectivity index is 1.98.